The van der Waals surface area contributed by atoms with Crippen molar-refractivity contribution in [3.05, 3.63) is 11.7 Å². The Morgan fingerprint density at radius 1 is 1.58 bits per heavy atom. The number of nitrogens with zero attached hydrogens (tertiary/aromatic N) is 2. The molecule has 0 aliphatic heterocycles. The van der Waals surface area contributed by atoms with Crippen molar-refractivity contribution in [1.82, 2.24) is 10.1 Å². The van der Waals surface area contributed by atoms with Crippen LogP contribution in [-0.4, -0.2) is 15.2 Å². The second kappa shape index (κ2) is 2.86. The third-order valence-corrected chi connectivity index (χ3v) is 2.35. The predicted molar refractivity (Wildman–Crippen MR) is 41.4 cm³/mol. The molecule has 1 fully saturated rings. The third-order valence-electron chi connectivity index (χ3n) is 2.35. The summed E-state index contributed by atoms with van der Waals surface area (Å²) in [6, 6.07) is 0. The van der Waals surface area contributed by atoms with Gasteiger partial charge >= 0.3 is 0 Å². The molecule has 66 valence electrons. The van der Waals surface area contributed by atoms with Crippen LogP contribution in [0.4, 0.5) is 0 Å². The zero-order valence-electron chi connectivity index (χ0n) is 7.03. The van der Waals surface area contributed by atoms with Gasteiger partial charge in [-0.05, 0) is 18.8 Å². The molecular formula is C8H12N2O2. The number of aromatic nitrogens is 2. The van der Waals surface area contributed by atoms with Crippen LogP contribution in [0.15, 0.2) is 4.52 Å². The third kappa shape index (κ3) is 1.22. The average Bonchev–Trinajstić information content (AvgIpc) is 2.46. The number of aliphatic hydroxyl groups is 1. The van der Waals surface area contributed by atoms with Crippen molar-refractivity contribution < 1.29 is 9.63 Å². The van der Waals surface area contributed by atoms with E-state index in [4.69, 9.17) is 9.63 Å². The number of aliphatic hydroxyl groups excluding tert-OH is 1. The molecule has 0 spiro atoms. The highest BCUT2D eigenvalue weighted by Crippen LogP contribution is 2.40. The lowest BCUT2D eigenvalue weighted by molar-refractivity contribution is 0.225. The van der Waals surface area contributed by atoms with E-state index < -0.39 is 0 Å². The minimum atomic E-state index is -0.133. The molecule has 4 nitrogen and oxygen atoms in total. The van der Waals surface area contributed by atoms with Crippen LogP contribution in [0.25, 0.3) is 0 Å². The molecule has 0 bridgehead atoms. The van der Waals surface area contributed by atoms with Crippen LogP contribution < -0.4 is 0 Å². The molecule has 1 aromatic heterocycles. The maximum atomic E-state index is 8.69. The molecule has 2 rings (SSSR count). The van der Waals surface area contributed by atoms with Gasteiger partial charge in [0.2, 0.25) is 5.89 Å². The molecule has 4 heteroatoms. The average molecular weight is 168 g/mol. The van der Waals surface area contributed by atoms with E-state index in [1.807, 2.05) is 0 Å². The van der Waals surface area contributed by atoms with E-state index in [9.17, 15) is 0 Å². The lowest BCUT2D eigenvalue weighted by Gasteiger charge is -2.29. The monoisotopic (exact) mass is 168 g/mol. The first kappa shape index (κ1) is 7.73. The topological polar surface area (TPSA) is 59.2 Å². The van der Waals surface area contributed by atoms with Crippen LogP contribution in [0.3, 0.4) is 0 Å². The summed E-state index contributed by atoms with van der Waals surface area (Å²) in [5.41, 5.74) is 0. The Morgan fingerprint density at radius 2 is 2.33 bits per heavy atom. The molecule has 0 amide bonds. The summed E-state index contributed by atoms with van der Waals surface area (Å²) >= 11 is 0. The van der Waals surface area contributed by atoms with Crippen LogP contribution in [0.5, 0.6) is 0 Å². The van der Waals surface area contributed by atoms with Gasteiger partial charge in [-0.2, -0.15) is 4.98 Å². The van der Waals surface area contributed by atoms with E-state index in [0.29, 0.717) is 17.6 Å². The van der Waals surface area contributed by atoms with Crippen molar-refractivity contribution in [2.45, 2.75) is 32.3 Å². The van der Waals surface area contributed by atoms with Crippen LogP contribution in [-0.2, 0) is 6.61 Å². The molecule has 1 N–H and O–H groups in total. The Balaban J connectivity index is 2.04. The summed E-state index contributed by atoms with van der Waals surface area (Å²) in [6.07, 6.45) is 2.26. The van der Waals surface area contributed by atoms with Gasteiger partial charge in [0.25, 0.3) is 0 Å². The molecule has 0 saturated heterocycles. The van der Waals surface area contributed by atoms with Crippen LogP contribution in [0.1, 0.15) is 37.4 Å². The highest BCUT2D eigenvalue weighted by molar-refractivity contribution is 4.99. The van der Waals surface area contributed by atoms with Crippen molar-refractivity contribution in [2.24, 2.45) is 5.92 Å². The normalized spacial score (nSPS) is 28.5. The molecule has 1 heterocycles. The fourth-order valence-corrected chi connectivity index (χ4v) is 1.60. The van der Waals surface area contributed by atoms with Gasteiger partial charge in [0.05, 0.1) is 0 Å². The zero-order valence-corrected chi connectivity index (χ0v) is 7.03. The fourth-order valence-electron chi connectivity index (χ4n) is 1.60. The molecule has 0 unspecified atom stereocenters. The highest BCUT2D eigenvalue weighted by Gasteiger charge is 2.31. The lowest BCUT2D eigenvalue weighted by Crippen LogP contribution is -2.19. The number of rotatable bonds is 2. The predicted octanol–water partition coefficient (Wildman–Crippen LogP) is 1.08. The van der Waals surface area contributed by atoms with E-state index >= 15 is 0 Å². The van der Waals surface area contributed by atoms with Crippen molar-refractivity contribution in [1.29, 1.82) is 0 Å². The maximum absolute atomic E-state index is 8.69. The van der Waals surface area contributed by atoms with Gasteiger partial charge in [-0.15, -0.1) is 0 Å². The van der Waals surface area contributed by atoms with E-state index in [0.717, 1.165) is 18.8 Å². The first-order valence-electron chi connectivity index (χ1n) is 4.23. The Kier molecular flexibility index (Phi) is 1.84. The smallest absolute Gasteiger partial charge is 0.229 e. The van der Waals surface area contributed by atoms with Crippen LogP contribution in [0, 0.1) is 5.92 Å². The minimum absolute atomic E-state index is 0.133. The van der Waals surface area contributed by atoms with Crippen molar-refractivity contribution in [2.75, 3.05) is 0 Å². The van der Waals surface area contributed by atoms with Gasteiger partial charge in [-0.1, -0.05) is 12.1 Å². The van der Waals surface area contributed by atoms with Crippen molar-refractivity contribution >= 4 is 0 Å². The SMILES string of the molecule is C[C@H]1C[C@@H](c2nc(CO)no2)C1. The molecular weight excluding hydrogens is 156 g/mol. The molecule has 1 saturated carbocycles. The lowest BCUT2D eigenvalue weighted by atomic mass is 9.76. The van der Waals surface area contributed by atoms with Crippen LogP contribution >= 0.6 is 0 Å². The molecule has 1 aliphatic carbocycles. The van der Waals surface area contributed by atoms with Gasteiger partial charge in [0.15, 0.2) is 5.82 Å². The van der Waals surface area contributed by atoms with Gasteiger partial charge in [-0.3, -0.25) is 0 Å². The van der Waals surface area contributed by atoms with Crippen molar-refractivity contribution in [3.8, 4) is 0 Å². The quantitative estimate of drug-likeness (QED) is 0.717. The van der Waals surface area contributed by atoms with E-state index in [2.05, 4.69) is 17.1 Å². The summed E-state index contributed by atoms with van der Waals surface area (Å²) in [7, 11) is 0. The van der Waals surface area contributed by atoms with E-state index in [1.165, 1.54) is 0 Å². The second-order valence-electron chi connectivity index (χ2n) is 3.48. The maximum Gasteiger partial charge on any atom is 0.229 e. The number of hydrogen-bond acceptors (Lipinski definition) is 4. The van der Waals surface area contributed by atoms with E-state index in [-0.39, 0.29) is 6.61 Å². The van der Waals surface area contributed by atoms with Gasteiger partial charge < -0.3 is 9.63 Å². The van der Waals surface area contributed by atoms with E-state index in [1.54, 1.807) is 0 Å². The summed E-state index contributed by atoms with van der Waals surface area (Å²) in [4.78, 5) is 4.06. The Morgan fingerprint density at radius 3 is 2.83 bits per heavy atom. The van der Waals surface area contributed by atoms with Crippen molar-refractivity contribution in [3.63, 3.8) is 0 Å². The Labute approximate surface area is 70.6 Å². The number of hydrogen-bond donors (Lipinski definition) is 1. The summed E-state index contributed by atoms with van der Waals surface area (Å²) in [5.74, 6) is 2.30. The molecule has 0 aromatic carbocycles. The summed E-state index contributed by atoms with van der Waals surface area (Å²) in [6.45, 7) is 2.07. The first-order valence-corrected chi connectivity index (χ1v) is 4.23. The minimum Gasteiger partial charge on any atom is -0.388 e. The highest BCUT2D eigenvalue weighted by atomic mass is 16.5. The zero-order chi connectivity index (χ0) is 8.55. The van der Waals surface area contributed by atoms with Gasteiger partial charge in [0, 0.05) is 5.92 Å². The molecule has 12 heavy (non-hydrogen) atoms. The summed E-state index contributed by atoms with van der Waals surface area (Å²) < 4.78 is 4.99. The summed E-state index contributed by atoms with van der Waals surface area (Å²) in [5, 5.41) is 12.3. The fraction of sp³-hybridized carbons (Fsp3) is 0.750. The molecule has 0 atom stereocenters. The largest absolute Gasteiger partial charge is 0.388 e. The van der Waals surface area contributed by atoms with Crippen LogP contribution in [0.2, 0.25) is 0 Å². The standard InChI is InChI=1S/C8H12N2O2/c1-5-2-6(3-5)8-9-7(4-11)10-12-8/h5-6,11H,2-4H2,1H3/t5-,6+. The Bertz CT molecular complexity index is 266. The van der Waals surface area contributed by atoms with Gasteiger partial charge in [-0.25, -0.2) is 0 Å². The van der Waals surface area contributed by atoms with Gasteiger partial charge in [0.1, 0.15) is 6.61 Å². The molecule has 1 aliphatic rings. The first-order chi connectivity index (χ1) is 5.79. The molecule has 1 aromatic rings. The molecule has 0 radical (unpaired) electrons. The second-order valence-corrected chi connectivity index (χ2v) is 3.48. The Hall–Kier alpha value is -0.900.